The lowest BCUT2D eigenvalue weighted by Crippen LogP contribution is -2.13. The fraction of sp³-hybridized carbons (Fsp3) is 0.400. The van der Waals surface area contributed by atoms with Gasteiger partial charge < -0.3 is 9.26 Å². The van der Waals surface area contributed by atoms with E-state index in [9.17, 15) is 4.79 Å². The molecule has 1 saturated carbocycles. The number of hydrogen-bond acceptors (Lipinski definition) is 6. The number of ether oxygens (including phenoxy) is 1. The van der Waals surface area contributed by atoms with Gasteiger partial charge in [-0.05, 0) is 12.8 Å². The van der Waals surface area contributed by atoms with Gasteiger partial charge in [-0.25, -0.2) is 5.10 Å². The standard InChI is InChI=1S/C10H11N5O3/c1-17-10-12-9(13-14-10)11-8(16)6-4-7(18-15-6)5-2-3-5/h4-5H,2-3H2,1H3,(H2,11,12,13,14,16). The van der Waals surface area contributed by atoms with Gasteiger partial charge in [0.1, 0.15) is 5.76 Å². The van der Waals surface area contributed by atoms with E-state index in [1.54, 1.807) is 6.07 Å². The number of H-pyrrole nitrogens is 1. The van der Waals surface area contributed by atoms with E-state index >= 15 is 0 Å². The van der Waals surface area contributed by atoms with Crippen LogP contribution in [-0.2, 0) is 0 Å². The maximum atomic E-state index is 11.8. The van der Waals surface area contributed by atoms with E-state index in [1.807, 2.05) is 0 Å². The number of nitrogens with one attached hydrogen (secondary N) is 2. The largest absolute Gasteiger partial charge is 0.466 e. The van der Waals surface area contributed by atoms with Crippen molar-refractivity contribution in [3.63, 3.8) is 0 Å². The quantitative estimate of drug-likeness (QED) is 0.834. The van der Waals surface area contributed by atoms with Crippen LogP contribution in [0.15, 0.2) is 10.6 Å². The van der Waals surface area contributed by atoms with Crippen molar-refractivity contribution < 1.29 is 14.1 Å². The summed E-state index contributed by atoms with van der Waals surface area (Å²) < 4.78 is 9.88. The molecule has 0 spiro atoms. The Hall–Kier alpha value is -2.38. The molecule has 1 aliphatic rings. The average molecular weight is 249 g/mol. The topological polar surface area (TPSA) is 106 Å². The number of carbonyl (C=O) groups excluding carboxylic acids is 1. The molecular formula is C10H11N5O3. The van der Waals surface area contributed by atoms with Gasteiger partial charge in [-0.15, -0.1) is 5.10 Å². The molecule has 0 bridgehead atoms. The SMILES string of the molecule is COc1n[nH]c(NC(=O)c2cc(C3CC3)on2)n1. The van der Waals surface area contributed by atoms with Crippen molar-refractivity contribution in [1.82, 2.24) is 20.3 Å². The van der Waals surface area contributed by atoms with Crippen LogP contribution in [0.2, 0.25) is 0 Å². The van der Waals surface area contributed by atoms with E-state index < -0.39 is 5.91 Å². The van der Waals surface area contributed by atoms with Gasteiger partial charge in [-0.3, -0.25) is 10.1 Å². The van der Waals surface area contributed by atoms with Crippen LogP contribution in [0.5, 0.6) is 6.01 Å². The Morgan fingerprint density at radius 3 is 3.11 bits per heavy atom. The molecule has 3 rings (SSSR count). The van der Waals surface area contributed by atoms with Crippen LogP contribution in [-0.4, -0.2) is 33.4 Å². The van der Waals surface area contributed by atoms with Crippen LogP contribution in [0.25, 0.3) is 0 Å². The molecule has 1 amide bonds. The predicted molar refractivity (Wildman–Crippen MR) is 59.4 cm³/mol. The molecule has 8 heteroatoms. The van der Waals surface area contributed by atoms with Gasteiger partial charge in [0, 0.05) is 12.0 Å². The van der Waals surface area contributed by atoms with Gasteiger partial charge in [-0.2, -0.15) is 4.98 Å². The molecule has 94 valence electrons. The Labute approximate surface area is 102 Å². The van der Waals surface area contributed by atoms with E-state index in [4.69, 9.17) is 9.26 Å². The molecule has 2 heterocycles. The van der Waals surface area contributed by atoms with Crippen LogP contribution in [0.1, 0.15) is 35.0 Å². The van der Waals surface area contributed by atoms with E-state index in [0.29, 0.717) is 5.92 Å². The number of amides is 1. The number of aromatic amines is 1. The third-order valence-electron chi connectivity index (χ3n) is 2.62. The van der Waals surface area contributed by atoms with Gasteiger partial charge in [0.05, 0.1) is 7.11 Å². The number of aromatic nitrogens is 4. The third kappa shape index (κ3) is 2.04. The smallest absolute Gasteiger partial charge is 0.336 e. The highest BCUT2D eigenvalue weighted by molar-refractivity contribution is 6.01. The summed E-state index contributed by atoms with van der Waals surface area (Å²) in [6.07, 6.45) is 2.19. The first-order valence-corrected chi connectivity index (χ1v) is 5.50. The summed E-state index contributed by atoms with van der Waals surface area (Å²) >= 11 is 0. The van der Waals surface area contributed by atoms with Gasteiger partial charge in [-0.1, -0.05) is 5.16 Å². The number of rotatable bonds is 4. The van der Waals surface area contributed by atoms with Crippen molar-refractivity contribution in [3.05, 3.63) is 17.5 Å². The lowest BCUT2D eigenvalue weighted by Gasteiger charge is -1.95. The zero-order valence-electron chi connectivity index (χ0n) is 9.64. The highest BCUT2D eigenvalue weighted by Crippen LogP contribution is 2.40. The molecule has 8 nitrogen and oxygen atoms in total. The van der Waals surface area contributed by atoms with Crippen molar-refractivity contribution in [3.8, 4) is 6.01 Å². The van der Waals surface area contributed by atoms with Crippen molar-refractivity contribution in [1.29, 1.82) is 0 Å². The molecule has 0 radical (unpaired) electrons. The molecular weight excluding hydrogens is 238 g/mol. The molecule has 0 unspecified atom stereocenters. The molecule has 1 fully saturated rings. The van der Waals surface area contributed by atoms with E-state index in [0.717, 1.165) is 18.6 Å². The number of methoxy groups -OCH3 is 1. The lowest BCUT2D eigenvalue weighted by atomic mass is 10.3. The lowest BCUT2D eigenvalue weighted by molar-refractivity contribution is 0.101. The Bertz CT molecular complexity index is 572. The second-order valence-corrected chi connectivity index (χ2v) is 4.01. The van der Waals surface area contributed by atoms with Crippen LogP contribution < -0.4 is 10.1 Å². The fourth-order valence-corrected chi connectivity index (χ4v) is 1.52. The number of carbonyl (C=O) groups is 1. The highest BCUT2D eigenvalue weighted by Gasteiger charge is 2.29. The van der Waals surface area contributed by atoms with Crippen LogP contribution in [0.4, 0.5) is 5.95 Å². The second-order valence-electron chi connectivity index (χ2n) is 4.01. The minimum Gasteiger partial charge on any atom is -0.466 e. The first-order valence-electron chi connectivity index (χ1n) is 5.50. The summed E-state index contributed by atoms with van der Waals surface area (Å²) in [6, 6.07) is 1.81. The number of anilines is 1. The molecule has 2 N–H and O–H groups in total. The maximum Gasteiger partial charge on any atom is 0.336 e. The monoisotopic (exact) mass is 249 g/mol. The summed E-state index contributed by atoms with van der Waals surface area (Å²) in [5.74, 6) is 0.983. The van der Waals surface area contributed by atoms with Gasteiger partial charge in [0.15, 0.2) is 5.69 Å². The Morgan fingerprint density at radius 1 is 1.61 bits per heavy atom. The minimum atomic E-state index is -0.399. The van der Waals surface area contributed by atoms with Crippen molar-refractivity contribution in [2.24, 2.45) is 0 Å². The summed E-state index contributed by atoms with van der Waals surface area (Å²) in [7, 11) is 1.44. The average Bonchev–Trinajstić information content (AvgIpc) is 2.93. The first kappa shape index (κ1) is 10.8. The zero-order chi connectivity index (χ0) is 12.5. The summed E-state index contributed by atoms with van der Waals surface area (Å²) in [5, 5.41) is 12.5. The van der Waals surface area contributed by atoms with E-state index in [2.05, 4.69) is 25.7 Å². The minimum absolute atomic E-state index is 0.157. The molecule has 0 aliphatic heterocycles. The van der Waals surface area contributed by atoms with Gasteiger partial charge >= 0.3 is 6.01 Å². The van der Waals surface area contributed by atoms with E-state index in [-0.39, 0.29) is 17.7 Å². The summed E-state index contributed by atoms with van der Waals surface area (Å²) in [6.45, 7) is 0. The zero-order valence-corrected chi connectivity index (χ0v) is 9.64. The normalized spacial score (nSPS) is 14.5. The molecule has 18 heavy (non-hydrogen) atoms. The molecule has 2 aromatic heterocycles. The second kappa shape index (κ2) is 4.13. The van der Waals surface area contributed by atoms with Crippen LogP contribution >= 0.6 is 0 Å². The van der Waals surface area contributed by atoms with Gasteiger partial charge in [0.2, 0.25) is 5.95 Å². The Kier molecular flexibility index (Phi) is 2.47. The van der Waals surface area contributed by atoms with Crippen LogP contribution in [0.3, 0.4) is 0 Å². The molecule has 2 aromatic rings. The molecule has 1 aliphatic carbocycles. The Morgan fingerprint density at radius 2 is 2.44 bits per heavy atom. The number of hydrogen-bond donors (Lipinski definition) is 2. The summed E-state index contributed by atoms with van der Waals surface area (Å²) in [4.78, 5) is 15.7. The molecule has 0 atom stereocenters. The highest BCUT2D eigenvalue weighted by atomic mass is 16.5. The maximum absolute atomic E-state index is 11.8. The predicted octanol–water partition coefficient (Wildman–Crippen LogP) is 0.931. The van der Waals surface area contributed by atoms with Crippen molar-refractivity contribution in [2.75, 3.05) is 12.4 Å². The van der Waals surface area contributed by atoms with Crippen molar-refractivity contribution in [2.45, 2.75) is 18.8 Å². The van der Waals surface area contributed by atoms with Crippen molar-refractivity contribution >= 4 is 11.9 Å². The van der Waals surface area contributed by atoms with Gasteiger partial charge in [0.25, 0.3) is 5.91 Å². The Balaban J connectivity index is 1.69. The molecule has 0 aromatic carbocycles. The summed E-state index contributed by atoms with van der Waals surface area (Å²) in [5.41, 5.74) is 0.229. The third-order valence-corrected chi connectivity index (χ3v) is 2.62. The van der Waals surface area contributed by atoms with E-state index in [1.165, 1.54) is 7.11 Å². The first-order chi connectivity index (χ1) is 8.76. The fourth-order valence-electron chi connectivity index (χ4n) is 1.52. The molecule has 0 saturated heterocycles. The van der Waals surface area contributed by atoms with Crippen LogP contribution in [0, 0.1) is 0 Å². The number of nitrogens with zero attached hydrogens (tertiary/aromatic N) is 3.